The number of aryl methyl sites for hydroxylation is 2. The molecule has 0 aliphatic heterocycles. The third-order valence-electron chi connectivity index (χ3n) is 2.88. The number of anilines is 2. The molecule has 0 bridgehead atoms. The van der Waals surface area contributed by atoms with Crippen molar-refractivity contribution in [3.05, 3.63) is 27.6 Å². The van der Waals surface area contributed by atoms with Crippen LogP contribution < -0.4 is 10.6 Å². The van der Waals surface area contributed by atoms with E-state index in [2.05, 4.69) is 15.6 Å². The van der Waals surface area contributed by atoms with Crippen LogP contribution in [0.2, 0.25) is 0 Å². The summed E-state index contributed by atoms with van der Waals surface area (Å²) in [6.07, 6.45) is 1.72. The van der Waals surface area contributed by atoms with Gasteiger partial charge in [0.15, 0.2) is 5.13 Å². The summed E-state index contributed by atoms with van der Waals surface area (Å²) in [5, 5.41) is 6.89. The molecule has 0 aromatic carbocycles. The number of amides is 2. The second-order valence-electron chi connectivity index (χ2n) is 6.06. The fourth-order valence-corrected chi connectivity index (χ4v) is 3.26. The van der Waals surface area contributed by atoms with Crippen LogP contribution in [0.15, 0.2) is 12.3 Å². The van der Waals surface area contributed by atoms with E-state index in [9.17, 15) is 9.59 Å². The van der Waals surface area contributed by atoms with E-state index in [0.717, 1.165) is 10.4 Å². The number of rotatable bonds is 3. The van der Waals surface area contributed by atoms with E-state index < -0.39 is 5.41 Å². The highest BCUT2D eigenvalue weighted by Crippen LogP contribution is 2.29. The molecule has 7 heteroatoms. The van der Waals surface area contributed by atoms with Gasteiger partial charge in [-0.3, -0.25) is 14.9 Å². The lowest BCUT2D eigenvalue weighted by Gasteiger charge is -2.16. The Hall–Kier alpha value is -1.73. The first-order valence-corrected chi connectivity index (χ1v) is 8.46. The number of carbonyl (C=O) groups is 2. The van der Waals surface area contributed by atoms with Crippen LogP contribution in [0.3, 0.4) is 0 Å². The maximum atomic E-state index is 12.3. The molecule has 2 N–H and O–H groups in total. The molecule has 0 saturated carbocycles. The molecular formula is C15H19N3O2S2. The van der Waals surface area contributed by atoms with E-state index in [1.807, 2.05) is 40.7 Å². The summed E-state index contributed by atoms with van der Waals surface area (Å²) in [6, 6.07) is 1.82. The highest BCUT2D eigenvalue weighted by molar-refractivity contribution is 7.18. The van der Waals surface area contributed by atoms with Crippen LogP contribution in [0.5, 0.6) is 0 Å². The number of hydrogen-bond donors (Lipinski definition) is 2. The second kappa shape index (κ2) is 6.18. The molecule has 0 unspecified atom stereocenters. The minimum atomic E-state index is -0.473. The van der Waals surface area contributed by atoms with E-state index in [4.69, 9.17) is 0 Å². The van der Waals surface area contributed by atoms with Gasteiger partial charge in [-0.25, -0.2) is 4.98 Å². The SMILES string of the molecule is Cc1cnc(NC(=O)c2sc(NC(=O)C(C)(C)C)cc2C)s1. The third-order valence-corrected chi connectivity index (χ3v) is 4.86. The van der Waals surface area contributed by atoms with Gasteiger partial charge in [-0.05, 0) is 25.5 Å². The lowest BCUT2D eigenvalue weighted by atomic mass is 9.96. The molecule has 0 radical (unpaired) electrons. The summed E-state index contributed by atoms with van der Waals surface area (Å²) in [7, 11) is 0. The van der Waals surface area contributed by atoms with Gasteiger partial charge < -0.3 is 5.32 Å². The molecule has 0 atom stereocenters. The van der Waals surface area contributed by atoms with Crippen molar-refractivity contribution in [2.24, 2.45) is 5.41 Å². The van der Waals surface area contributed by atoms with Crippen LogP contribution in [-0.4, -0.2) is 16.8 Å². The Labute approximate surface area is 137 Å². The number of thiazole rings is 1. The first kappa shape index (κ1) is 16.6. The van der Waals surface area contributed by atoms with Crippen molar-refractivity contribution in [1.29, 1.82) is 0 Å². The lowest BCUT2D eigenvalue weighted by molar-refractivity contribution is -0.123. The molecule has 5 nitrogen and oxygen atoms in total. The number of hydrogen-bond acceptors (Lipinski definition) is 5. The van der Waals surface area contributed by atoms with Gasteiger partial charge in [-0.1, -0.05) is 20.8 Å². The number of nitrogens with zero attached hydrogens (tertiary/aromatic N) is 1. The average Bonchev–Trinajstić information content (AvgIpc) is 2.94. The van der Waals surface area contributed by atoms with Crippen molar-refractivity contribution in [2.75, 3.05) is 10.6 Å². The molecule has 22 heavy (non-hydrogen) atoms. The zero-order valence-electron chi connectivity index (χ0n) is 13.2. The zero-order chi connectivity index (χ0) is 16.5. The van der Waals surface area contributed by atoms with Gasteiger partial charge in [0.1, 0.15) is 0 Å². The summed E-state index contributed by atoms with van der Waals surface area (Å²) in [6.45, 7) is 9.33. The minimum Gasteiger partial charge on any atom is -0.317 e. The van der Waals surface area contributed by atoms with Gasteiger partial charge in [-0.2, -0.15) is 0 Å². The number of aromatic nitrogens is 1. The summed E-state index contributed by atoms with van der Waals surface area (Å²) in [5.74, 6) is -0.274. The maximum absolute atomic E-state index is 12.3. The van der Waals surface area contributed by atoms with Crippen LogP contribution in [0.4, 0.5) is 10.1 Å². The van der Waals surface area contributed by atoms with Crippen molar-refractivity contribution in [2.45, 2.75) is 34.6 Å². The molecule has 2 rings (SSSR count). The van der Waals surface area contributed by atoms with E-state index >= 15 is 0 Å². The molecule has 2 aromatic rings. The zero-order valence-corrected chi connectivity index (χ0v) is 14.9. The Morgan fingerprint density at radius 3 is 2.36 bits per heavy atom. The quantitative estimate of drug-likeness (QED) is 0.887. The first-order valence-electron chi connectivity index (χ1n) is 6.82. The lowest BCUT2D eigenvalue weighted by Crippen LogP contribution is -2.27. The van der Waals surface area contributed by atoms with E-state index in [1.54, 1.807) is 6.20 Å². The molecule has 118 valence electrons. The molecule has 2 heterocycles. The van der Waals surface area contributed by atoms with Crippen LogP contribution in [-0.2, 0) is 4.79 Å². The molecule has 2 amide bonds. The Kier molecular flexibility index (Phi) is 4.67. The first-order chi connectivity index (χ1) is 10.2. The predicted molar refractivity (Wildman–Crippen MR) is 91.9 cm³/mol. The van der Waals surface area contributed by atoms with Gasteiger partial charge in [0.2, 0.25) is 5.91 Å². The molecule has 0 saturated heterocycles. The van der Waals surface area contributed by atoms with E-state index in [1.165, 1.54) is 22.7 Å². The van der Waals surface area contributed by atoms with Crippen molar-refractivity contribution < 1.29 is 9.59 Å². The Balaban J connectivity index is 2.12. The van der Waals surface area contributed by atoms with Gasteiger partial charge in [-0.15, -0.1) is 22.7 Å². The molecule has 0 spiro atoms. The topological polar surface area (TPSA) is 71.1 Å². The molecule has 2 aromatic heterocycles. The smallest absolute Gasteiger partial charge is 0.267 e. The molecule has 0 fully saturated rings. The summed E-state index contributed by atoms with van der Waals surface area (Å²) in [5.41, 5.74) is 0.360. The van der Waals surface area contributed by atoms with E-state index in [-0.39, 0.29) is 11.8 Å². The van der Waals surface area contributed by atoms with Crippen molar-refractivity contribution in [3.8, 4) is 0 Å². The van der Waals surface area contributed by atoms with Gasteiger partial charge in [0.05, 0.1) is 9.88 Å². The Morgan fingerprint density at radius 1 is 1.14 bits per heavy atom. The number of nitrogens with one attached hydrogen (secondary N) is 2. The van der Waals surface area contributed by atoms with Crippen molar-refractivity contribution in [1.82, 2.24) is 4.98 Å². The largest absolute Gasteiger partial charge is 0.317 e. The fourth-order valence-electron chi connectivity index (χ4n) is 1.63. The van der Waals surface area contributed by atoms with Gasteiger partial charge >= 0.3 is 0 Å². The summed E-state index contributed by atoms with van der Waals surface area (Å²) in [4.78, 5) is 30.0. The third kappa shape index (κ3) is 3.92. The maximum Gasteiger partial charge on any atom is 0.267 e. The van der Waals surface area contributed by atoms with Gasteiger partial charge in [0.25, 0.3) is 5.91 Å². The second-order valence-corrected chi connectivity index (χ2v) is 8.34. The number of thiophene rings is 1. The predicted octanol–water partition coefficient (Wildman–Crippen LogP) is 4.06. The van der Waals surface area contributed by atoms with Crippen LogP contribution >= 0.6 is 22.7 Å². The summed E-state index contributed by atoms with van der Waals surface area (Å²) < 4.78 is 0. The monoisotopic (exact) mass is 337 g/mol. The highest BCUT2D eigenvalue weighted by Gasteiger charge is 2.23. The average molecular weight is 337 g/mol. The highest BCUT2D eigenvalue weighted by atomic mass is 32.1. The van der Waals surface area contributed by atoms with Crippen molar-refractivity contribution in [3.63, 3.8) is 0 Å². The van der Waals surface area contributed by atoms with Crippen molar-refractivity contribution >= 4 is 44.6 Å². The fraction of sp³-hybridized carbons (Fsp3) is 0.400. The van der Waals surface area contributed by atoms with E-state index in [0.29, 0.717) is 15.0 Å². The van der Waals surface area contributed by atoms with Gasteiger partial charge in [0, 0.05) is 16.5 Å². The number of carbonyl (C=O) groups excluding carboxylic acids is 2. The molecule has 0 aliphatic rings. The standard InChI is InChI=1S/C15H19N3O2S2/c1-8-6-10(17-13(20)15(3,4)5)22-11(8)12(19)18-14-16-7-9(2)21-14/h6-7H,1-5H3,(H,17,20)(H,16,18,19). The summed E-state index contributed by atoms with van der Waals surface area (Å²) >= 11 is 2.70. The Bertz CT molecular complexity index is 711. The van der Waals surface area contributed by atoms with Crippen LogP contribution in [0.1, 0.15) is 40.9 Å². The normalized spacial score (nSPS) is 11.3. The molecule has 0 aliphatic carbocycles. The molecular weight excluding hydrogens is 318 g/mol. The minimum absolute atomic E-state index is 0.0729. The van der Waals surface area contributed by atoms with Crippen LogP contribution in [0.25, 0.3) is 0 Å². The Morgan fingerprint density at radius 2 is 1.82 bits per heavy atom. The van der Waals surface area contributed by atoms with Crippen LogP contribution in [0, 0.1) is 19.3 Å².